The second kappa shape index (κ2) is 3.04. The number of hydrogen-bond donors (Lipinski definition) is 2. The van der Waals surface area contributed by atoms with Crippen molar-refractivity contribution < 1.29 is 14.3 Å². The van der Waals surface area contributed by atoms with Crippen LogP contribution in [0.25, 0.3) is 0 Å². The summed E-state index contributed by atoms with van der Waals surface area (Å²) in [6.07, 6.45) is -1.02. The maximum Gasteiger partial charge on any atom is 0.407 e. The molecule has 0 radical (unpaired) electrons. The molecular formula is C6H11FN2O2. The van der Waals surface area contributed by atoms with Gasteiger partial charge < -0.3 is 15.7 Å². The first-order chi connectivity index (χ1) is 5.15. The highest BCUT2D eigenvalue weighted by Crippen LogP contribution is 2.15. The van der Waals surface area contributed by atoms with E-state index in [1.165, 1.54) is 0 Å². The number of rotatable bonds is 1. The molecule has 1 heterocycles. The average Bonchev–Trinajstić information content (AvgIpc) is 2.31. The number of nitrogens with zero attached hydrogens (tertiary/aromatic N) is 1. The molecular weight excluding hydrogens is 151 g/mol. The summed E-state index contributed by atoms with van der Waals surface area (Å²) < 4.78 is 12.1. The summed E-state index contributed by atoms with van der Waals surface area (Å²) in [5.74, 6) is -0.314. The SMILES string of the molecule is N[C@H]1CN(C(=O)O)C[C@H]1CF. The molecule has 64 valence electrons. The Bertz CT molecular complexity index is 165. The van der Waals surface area contributed by atoms with Gasteiger partial charge in [0.05, 0.1) is 6.67 Å². The molecule has 0 aromatic rings. The molecule has 5 heteroatoms. The number of carboxylic acid groups (broad SMARTS) is 1. The largest absolute Gasteiger partial charge is 0.465 e. The van der Waals surface area contributed by atoms with Gasteiger partial charge in [0.1, 0.15) is 0 Å². The maximum absolute atomic E-state index is 12.1. The molecule has 0 aromatic heterocycles. The highest BCUT2D eigenvalue weighted by molar-refractivity contribution is 5.65. The van der Waals surface area contributed by atoms with Crippen LogP contribution in [-0.2, 0) is 0 Å². The van der Waals surface area contributed by atoms with E-state index < -0.39 is 12.8 Å². The number of alkyl halides is 1. The van der Waals surface area contributed by atoms with E-state index in [1.54, 1.807) is 0 Å². The summed E-state index contributed by atoms with van der Waals surface area (Å²) in [6, 6.07) is -0.337. The van der Waals surface area contributed by atoms with Gasteiger partial charge in [0, 0.05) is 25.0 Å². The van der Waals surface area contributed by atoms with Crippen LogP contribution < -0.4 is 5.73 Å². The summed E-state index contributed by atoms with van der Waals surface area (Å²) in [4.78, 5) is 11.5. The Morgan fingerprint density at radius 3 is 2.64 bits per heavy atom. The van der Waals surface area contributed by atoms with Crippen LogP contribution in [0, 0.1) is 5.92 Å². The minimum Gasteiger partial charge on any atom is -0.465 e. The van der Waals surface area contributed by atoms with Crippen molar-refractivity contribution in [1.29, 1.82) is 0 Å². The summed E-state index contributed by atoms with van der Waals surface area (Å²) in [6.45, 7) is -0.0537. The predicted octanol–water partition coefficient (Wildman–Crippen LogP) is -0.107. The Kier molecular flexibility index (Phi) is 2.28. The Hall–Kier alpha value is -0.840. The van der Waals surface area contributed by atoms with Crippen molar-refractivity contribution in [1.82, 2.24) is 4.90 Å². The smallest absolute Gasteiger partial charge is 0.407 e. The Morgan fingerprint density at radius 1 is 1.73 bits per heavy atom. The van der Waals surface area contributed by atoms with Gasteiger partial charge in [0.2, 0.25) is 0 Å². The number of nitrogens with two attached hydrogens (primary N) is 1. The van der Waals surface area contributed by atoms with Crippen molar-refractivity contribution >= 4 is 6.09 Å². The quantitative estimate of drug-likeness (QED) is 0.565. The second-order valence-corrected chi connectivity index (χ2v) is 2.77. The van der Waals surface area contributed by atoms with Crippen molar-refractivity contribution in [2.24, 2.45) is 11.7 Å². The van der Waals surface area contributed by atoms with Crippen LogP contribution in [0.2, 0.25) is 0 Å². The molecule has 1 rings (SSSR count). The summed E-state index contributed by atoms with van der Waals surface area (Å²) in [7, 11) is 0. The van der Waals surface area contributed by atoms with Gasteiger partial charge in [0.15, 0.2) is 0 Å². The summed E-state index contributed by atoms with van der Waals surface area (Å²) in [5, 5.41) is 8.49. The lowest BCUT2D eigenvalue weighted by Crippen LogP contribution is -2.31. The zero-order valence-corrected chi connectivity index (χ0v) is 6.03. The van der Waals surface area contributed by atoms with Crippen LogP contribution in [0.15, 0.2) is 0 Å². The molecule has 1 amide bonds. The van der Waals surface area contributed by atoms with Gasteiger partial charge in [0.25, 0.3) is 0 Å². The molecule has 0 bridgehead atoms. The lowest BCUT2D eigenvalue weighted by molar-refractivity contribution is 0.153. The fourth-order valence-electron chi connectivity index (χ4n) is 1.22. The topological polar surface area (TPSA) is 66.6 Å². The van der Waals surface area contributed by atoms with Gasteiger partial charge in [-0.25, -0.2) is 4.79 Å². The van der Waals surface area contributed by atoms with Gasteiger partial charge in [-0.15, -0.1) is 0 Å². The molecule has 0 unspecified atom stereocenters. The number of amides is 1. The van der Waals surface area contributed by atoms with Crippen molar-refractivity contribution in [2.75, 3.05) is 19.8 Å². The van der Waals surface area contributed by atoms with E-state index in [9.17, 15) is 9.18 Å². The monoisotopic (exact) mass is 162 g/mol. The minimum atomic E-state index is -1.02. The molecule has 0 aromatic carbocycles. The van der Waals surface area contributed by atoms with Crippen molar-refractivity contribution in [3.63, 3.8) is 0 Å². The number of halogens is 1. The van der Waals surface area contributed by atoms with Gasteiger partial charge in [-0.05, 0) is 0 Å². The van der Waals surface area contributed by atoms with Crippen LogP contribution in [-0.4, -0.2) is 41.9 Å². The van der Waals surface area contributed by atoms with Crippen LogP contribution in [0.5, 0.6) is 0 Å². The first kappa shape index (κ1) is 8.26. The van der Waals surface area contributed by atoms with Gasteiger partial charge in [-0.1, -0.05) is 0 Å². The van der Waals surface area contributed by atoms with E-state index in [-0.39, 0.29) is 25.0 Å². The van der Waals surface area contributed by atoms with Crippen molar-refractivity contribution in [2.45, 2.75) is 6.04 Å². The third kappa shape index (κ3) is 1.59. The van der Waals surface area contributed by atoms with Crippen LogP contribution in [0.3, 0.4) is 0 Å². The highest BCUT2D eigenvalue weighted by atomic mass is 19.1. The lowest BCUT2D eigenvalue weighted by atomic mass is 10.1. The first-order valence-corrected chi connectivity index (χ1v) is 3.44. The molecule has 11 heavy (non-hydrogen) atoms. The molecule has 1 aliphatic heterocycles. The number of likely N-dealkylation sites (tertiary alicyclic amines) is 1. The third-order valence-electron chi connectivity index (χ3n) is 1.96. The number of carbonyl (C=O) groups is 1. The fourth-order valence-corrected chi connectivity index (χ4v) is 1.22. The summed E-state index contributed by atoms with van der Waals surface area (Å²) in [5.41, 5.74) is 5.47. The molecule has 0 aliphatic carbocycles. The lowest BCUT2D eigenvalue weighted by Gasteiger charge is -2.09. The molecule has 2 atom stereocenters. The Balaban J connectivity index is 2.49. The van der Waals surface area contributed by atoms with Crippen molar-refractivity contribution in [3.05, 3.63) is 0 Å². The molecule has 1 aliphatic rings. The van der Waals surface area contributed by atoms with E-state index >= 15 is 0 Å². The van der Waals surface area contributed by atoms with E-state index in [2.05, 4.69) is 0 Å². The maximum atomic E-state index is 12.1. The van der Waals surface area contributed by atoms with Gasteiger partial charge in [-0.2, -0.15) is 0 Å². The van der Waals surface area contributed by atoms with Crippen LogP contribution in [0.4, 0.5) is 9.18 Å². The van der Waals surface area contributed by atoms with Gasteiger partial charge >= 0.3 is 6.09 Å². The second-order valence-electron chi connectivity index (χ2n) is 2.77. The molecule has 1 saturated heterocycles. The predicted molar refractivity (Wildman–Crippen MR) is 37.0 cm³/mol. The van der Waals surface area contributed by atoms with E-state index in [0.29, 0.717) is 0 Å². The zero-order chi connectivity index (χ0) is 8.43. The average molecular weight is 162 g/mol. The van der Waals surface area contributed by atoms with Crippen molar-refractivity contribution in [3.8, 4) is 0 Å². The van der Waals surface area contributed by atoms with E-state index in [1.807, 2.05) is 0 Å². The zero-order valence-electron chi connectivity index (χ0n) is 6.03. The molecule has 4 nitrogen and oxygen atoms in total. The van der Waals surface area contributed by atoms with Crippen LogP contribution >= 0.6 is 0 Å². The minimum absolute atomic E-state index is 0.229. The van der Waals surface area contributed by atoms with E-state index in [0.717, 1.165) is 4.90 Å². The molecule has 3 N–H and O–H groups in total. The normalized spacial score (nSPS) is 30.9. The molecule has 0 saturated carbocycles. The fraction of sp³-hybridized carbons (Fsp3) is 0.833. The van der Waals surface area contributed by atoms with Crippen LogP contribution in [0.1, 0.15) is 0 Å². The molecule has 0 spiro atoms. The Labute approximate surface area is 63.8 Å². The van der Waals surface area contributed by atoms with E-state index in [4.69, 9.17) is 10.8 Å². The third-order valence-corrected chi connectivity index (χ3v) is 1.96. The summed E-state index contributed by atoms with van der Waals surface area (Å²) >= 11 is 0. The highest BCUT2D eigenvalue weighted by Gasteiger charge is 2.32. The van der Waals surface area contributed by atoms with Gasteiger partial charge in [-0.3, -0.25) is 4.39 Å². The molecule has 1 fully saturated rings. The Morgan fingerprint density at radius 2 is 2.36 bits per heavy atom. The first-order valence-electron chi connectivity index (χ1n) is 3.44. The number of hydrogen-bond acceptors (Lipinski definition) is 2. The standard InChI is InChI=1S/C6H11FN2O2/c7-1-4-2-9(6(10)11)3-5(4)8/h4-5H,1-3,8H2,(H,10,11)/t4-,5+/m1/s1.